The molecule has 2 aromatic carbocycles. The Morgan fingerprint density at radius 3 is 2.23 bits per heavy atom. The van der Waals surface area contributed by atoms with Crippen molar-refractivity contribution in [3.05, 3.63) is 71.8 Å². The normalized spacial score (nSPS) is 20.7. The molecule has 1 saturated heterocycles. The molecule has 1 aliphatic rings. The number of aliphatic carboxylic acids is 1. The molecule has 0 aliphatic carbocycles. The van der Waals surface area contributed by atoms with Gasteiger partial charge in [0.2, 0.25) is 0 Å². The summed E-state index contributed by atoms with van der Waals surface area (Å²) < 4.78 is 0. The molecule has 3 rings (SSSR count). The van der Waals surface area contributed by atoms with Crippen molar-refractivity contribution in [2.24, 2.45) is 0 Å². The molecular weight excluding hydrogens is 328 g/mol. The number of hydrogen-bond acceptors (Lipinski definition) is 3. The number of carbonyl (C=O) groups is 2. The maximum atomic E-state index is 12.9. The first-order valence-corrected chi connectivity index (χ1v) is 8.92. The van der Waals surface area contributed by atoms with Crippen LogP contribution in [0.3, 0.4) is 0 Å². The van der Waals surface area contributed by atoms with Gasteiger partial charge in [-0.3, -0.25) is 14.5 Å². The van der Waals surface area contributed by atoms with Crippen LogP contribution in [-0.4, -0.2) is 52.0 Å². The van der Waals surface area contributed by atoms with E-state index in [-0.39, 0.29) is 24.4 Å². The van der Waals surface area contributed by atoms with Crippen molar-refractivity contribution in [1.29, 1.82) is 0 Å². The van der Waals surface area contributed by atoms with Crippen molar-refractivity contribution in [1.82, 2.24) is 9.80 Å². The van der Waals surface area contributed by atoms with Crippen LogP contribution in [-0.2, 0) is 11.3 Å². The van der Waals surface area contributed by atoms with Crippen LogP contribution < -0.4 is 0 Å². The van der Waals surface area contributed by atoms with Gasteiger partial charge < -0.3 is 10.0 Å². The van der Waals surface area contributed by atoms with Crippen LogP contribution in [0.25, 0.3) is 0 Å². The summed E-state index contributed by atoms with van der Waals surface area (Å²) >= 11 is 0. The molecule has 0 unspecified atom stereocenters. The Morgan fingerprint density at radius 2 is 1.62 bits per heavy atom. The lowest BCUT2D eigenvalue weighted by Crippen LogP contribution is -2.60. The third-order valence-electron chi connectivity index (χ3n) is 5.06. The second-order valence-corrected chi connectivity index (χ2v) is 6.73. The van der Waals surface area contributed by atoms with Crippen LogP contribution >= 0.6 is 0 Å². The van der Waals surface area contributed by atoms with Crippen LogP contribution in [0.2, 0.25) is 0 Å². The predicted octanol–water partition coefficient (Wildman–Crippen LogP) is 2.88. The van der Waals surface area contributed by atoms with Crippen molar-refractivity contribution < 1.29 is 14.7 Å². The van der Waals surface area contributed by atoms with Gasteiger partial charge in [-0.15, -0.1) is 0 Å². The lowest BCUT2D eigenvalue weighted by atomic mass is 9.97. The Kier molecular flexibility index (Phi) is 5.68. The standard InChI is InChI=1S/C21H24N2O3/c1-16-19(14-20(24)25)23(21(26)18-10-6-3-7-11-18)13-12-22(16)15-17-8-4-2-5-9-17/h2-11,16,19H,12-15H2,1H3,(H,24,25)/t16-,19+/m1/s1. The van der Waals surface area contributed by atoms with Crippen molar-refractivity contribution in [2.75, 3.05) is 13.1 Å². The van der Waals surface area contributed by atoms with Gasteiger partial charge in [-0.25, -0.2) is 0 Å². The number of carboxylic acids is 1. The van der Waals surface area contributed by atoms with E-state index in [1.807, 2.05) is 43.3 Å². The van der Waals surface area contributed by atoms with E-state index < -0.39 is 5.97 Å². The number of rotatable bonds is 5. The molecule has 26 heavy (non-hydrogen) atoms. The van der Waals surface area contributed by atoms with Gasteiger partial charge in [0.05, 0.1) is 12.5 Å². The Morgan fingerprint density at radius 1 is 1.00 bits per heavy atom. The third-order valence-corrected chi connectivity index (χ3v) is 5.06. The van der Waals surface area contributed by atoms with Crippen molar-refractivity contribution in [3.8, 4) is 0 Å². The molecule has 5 heteroatoms. The number of hydrogen-bond donors (Lipinski definition) is 1. The van der Waals surface area contributed by atoms with Gasteiger partial charge in [0.1, 0.15) is 0 Å². The summed E-state index contributed by atoms with van der Waals surface area (Å²) in [6.45, 7) is 4.03. The van der Waals surface area contributed by atoms with E-state index >= 15 is 0 Å². The average molecular weight is 352 g/mol. The summed E-state index contributed by atoms with van der Waals surface area (Å²) in [6, 6.07) is 18.8. The highest BCUT2D eigenvalue weighted by atomic mass is 16.4. The Balaban J connectivity index is 1.79. The third kappa shape index (κ3) is 4.11. The minimum absolute atomic E-state index is 0.0345. The zero-order chi connectivity index (χ0) is 18.5. The fourth-order valence-electron chi connectivity index (χ4n) is 3.61. The molecule has 1 N–H and O–H groups in total. The fraction of sp³-hybridized carbons (Fsp3) is 0.333. The second kappa shape index (κ2) is 8.15. The molecule has 1 heterocycles. The molecule has 5 nitrogen and oxygen atoms in total. The van der Waals surface area contributed by atoms with Crippen LogP contribution in [0.5, 0.6) is 0 Å². The van der Waals surface area contributed by atoms with Crippen LogP contribution in [0.4, 0.5) is 0 Å². The van der Waals surface area contributed by atoms with Crippen molar-refractivity contribution >= 4 is 11.9 Å². The number of amides is 1. The summed E-state index contributed by atoms with van der Waals surface area (Å²) in [5, 5.41) is 9.37. The first kappa shape index (κ1) is 18.1. The minimum atomic E-state index is -0.880. The molecule has 1 fully saturated rings. The summed E-state index contributed by atoms with van der Waals surface area (Å²) in [5.41, 5.74) is 1.79. The lowest BCUT2D eigenvalue weighted by Gasteiger charge is -2.46. The molecule has 2 atom stereocenters. The van der Waals surface area contributed by atoms with E-state index in [0.717, 1.165) is 13.1 Å². The topological polar surface area (TPSA) is 60.9 Å². The molecule has 0 bridgehead atoms. The van der Waals surface area contributed by atoms with Crippen molar-refractivity contribution in [3.63, 3.8) is 0 Å². The van der Waals surface area contributed by atoms with Gasteiger partial charge in [0.15, 0.2) is 0 Å². The molecule has 2 aromatic rings. The van der Waals surface area contributed by atoms with E-state index in [1.165, 1.54) is 5.56 Å². The Hall–Kier alpha value is -2.66. The highest BCUT2D eigenvalue weighted by molar-refractivity contribution is 5.94. The molecule has 0 saturated carbocycles. The SMILES string of the molecule is C[C@@H]1[C@H](CC(=O)O)N(C(=O)c2ccccc2)CCN1Cc1ccccc1. The van der Waals surface area contributed by atoms with E-state index in [2.05, 4.69) is 17.0 Å². The molecule has 136 valence electrons. The Labute approximate surface area is 153 Å². The molecule has 1 aliphatic heterocycles. The molecule has 0 aromatic heterocycles. The zero-order valence-electron chi connectivity index (χ0n) is 14.9. The van der Waals surface area contributed by atoms with E-state index in [9.17, 15) is 14.7 Å². The van der Waals surface area contributed by atoms with Gasteiger partial charge >= 0.3 is 5.97 Å². The molecular formula is C21H24N2O3. The molecule has 1 amide bonds. The first-order chi connectivity index (χ1) is 12.6. The highest BCUT2D eigenvalue weighted by Gasteiger charge is 2.37. The maximum Gasteiger partial charge on any atom is 0.305 e. The van der Waals surface area contributed by atoms with Gasteiger partial charge in [-0.1, -0.05) is 48.5 Å². The van der Waals surface area contributed by atoms with Crippen LogP contribution in [0, 0.1) is 0 Å². The Bertz CT molecular complexity index is 748. The largest absolute Gasteiger partial charge is 0.481 e. The van der Waals surface area contributed by atoms with Gasteiger partial charge in [-0.2, -0.15) is 0 Å². The van der Waals surface area contributed by atoms with Crippen molar-refractivity contribution in [2.45, 2.75) is 32.0 Å². The predicted molar refractivity (Wildman–Crippen MR) is 99.8 cm³/mol. The number of piperazine rings is 1. The lowest BCUT2D eigenvalue weighted by molar-refractivity contribution is -0.139. The van der Waals surface area contributed by atoms with E-state index in [1.54, 1.807) is 17.0 Å². The number of carboxylic acid groups (broad SMARTS) is 1. The summed E-state index contributed by atoms with van der Waals surface area (Å²) in [5.74, 6) is -0.975. The maximum absolute atomic E-state index is 12.9. The number of nitrogens with zero attached hydrogens (tertiary/aromatic N) is 2. The first-order valence-electron chi connectivity index (χ1n) is 8.92. The zero-order valence-corrected chi connectivity index (χ0v) is 14.9. The van der Waals surface area contributed by atoms with Crippen LogP contribution in [0.15, 0.2) is 60.7 Å². The minimum Gasteiger partial charge on any atom is -0.481 e. The second-order valence-electron chi connectivity index (χ2n) is 6.73. The van der Waals surface area contributed by atoms with Gasteiger partial charge in [0, 0.05) is 31.2 Å². The highest BCUT2D eigenvalue weighted by Crippen LogP contribution is 2.24. The number of carbonyl (C=O) groups excluding carboxylic acids is 1. The van der Waals surface area contributed by atoms with E-state index in [4.69, 9.17) is 0 Å². The van der Waals surface area contributed by atoms with Crippen LogP contribution in [0.1, 0.15) is 29.3 Å². The smallest absolute Gasteiger partial charge is 0.305 e. The molecule has 0 radical (unpaired) electrons. The van der Waals surface area contributed by atoms with Gasteiger partial charge in [-0.05, 0) is 24.6 Å². The summed E-state index contributed by atoms with van der Waals surface area (Å²) in [4.78, 5) is 28.3. The monoisotopic (exact) mass is 352 g/mol. The average Bonchev–Trinajstić information content (AvgIpc) is 2.66. The summed E-state index contributed by atoms with van der Waals surface area (Å²) in [7, 11) is 0. The quantitative estimate of drug-likeness (QED) is 0.899. The molecule has 0 spiro atoms. The summed E-state index contributed by atoms with van der Waals surface area (Å²) in [6.07, 6.45) is -0.0506. The number of benzene rings is 2. The van der Waals surface area contributed by atoms with Gasteiger partial charge in [0.25, 0.3) is 5.91 Å². The fourth-order valence-corrected chi connectivity index (χ4v) is 3.61. The van der Waals surface area contributed by atoms with E-state index in [0.29, 0.717) is 12.1 Å².